The summed E-state index contributed by atoms with van der Waals surface area (Å²) >= 11 is 0. The van der Waals surface area contributed by atoms with Crippen molar-refractivity contribution in [1.82, 2.24) is 4.57 Å². The third kappa shape index (κ3) is 2.67. The zero-order valence-corrected chi connectivity index (χ0v) is 11.7. The maximum Gasteiger partial charge on any atom is 0.305 e. The van der Waals surface area contributed by atoms with Crippen LogP contribution in [0.25, 0.3) is 11.3 Å². The van der Waals surface area contributed by atoms with Gasteiger partial charge in [0.25, 0.3) is 0 Å². The summed E-state index contributed by atoms with van der Waals surface area (Å²) in [5.41, 5.74) is 2.32. The molecule has 0 aliphatic heterocycles. The van der Waals surface area contributed by atoms with Crippen molar-refractivity contribution < 1.29 is 9.21 Å². The van der Waals surface area contributed by atoms with Gasteiger partial charge in [0.2, 0.25) is 5.91 Å². The lowest BCUT2D eigenvalue weighted by Gasteiger charge is -2.08. The standard InChI is InChI=1S/C15H18N2O2/c1-10(2)17-11(3)14(13-8-6-5-7-9-13)19-15(17)16-12(4)18/h5-10H,1-4H3. The van der Waals surface area contributed by atoms with E-state index in [-0.39, 0.29) is 11.9 Å². The highest BCUT2D eigenvalue weighted by atomic mass is 16.4. The van der Waals surface area contributed by atoms with Crippen molar-refractivity contribution in [2.75, 3.05) is 0 Å². The first-order chi connectivity index (χ1) is 9.00. The number of benzene rings is 1. The predicted molar refractivity (Wildman–Crippen MR) is 73.5 cm³/mol. The Bertz CT molecular complexity index is 649. The molecule has 1 aromatic carbocycles. The van der Waals surface area contributed by atoms with Gasteiger partial charge in [-0.15, -0.1) is 0 Å². The summed E-state index contributed by atoms with van der Waals surface area (Å²) in [6.45, 7) is 7.47. The predicted octanol–water partition coefficient (Wildman–Crippen LogP) is 3.08. The first-order valence-electron chi connectivity index (χ1n) is 6.33. The van der Waals surface area contributed by atoms with Gasteiger partial charge in [-0.25, -0.2) is 0 Å². The van der Waals surface area contributed by atoms with Gasteiger partial charge < -0.3 is 4.42 Å². The van der Waals surface area contributed by atoms with Crippen LogP contribution >= 0.6 is 0 Å². The van der Waals surface area contributed by atoms with Crippen molar-refractivity contribution in [1.29, 1.82) is 0 Å². The molecule has 0 aliphatic carbocycles. The molecule has 19 heavy (non-hydrogen) atoms. The Morgan fingerprint density at radius 3 is 2.42 bits per heavy atom. The molecule has 2 rings (SSSR count). The van der Waals surface area contributed by atoms with E-state index in [2.05, 4.69) is 4.99 Å². The van der Waals surface area contributed by atoms with Crippen molar-refractivity contribution in [3.8, 4) is 11.3 Å². The molecule has 2 aromatic rings. The van der Waals surface area contributed by atoms with E-state index in [0.717, 1.165) is 17.0 Å². The SMILES string of the molecule is CC(=O)N=c1oc(-c2ccccc2)c(C)n1C(C)C. The van der Waals surface area contributed by atoms with Crippen LogP contribution in [0.2, 0.25) is 0 Å². The maximum absolute atomic E-state index is 11.2. The average Bonchev–Trinajstić information content (AvgIpc) is 2.66. The molecular weight excluding hydrogens is 240 g/mol. The Balaban J connectivity index is 2.69. The highest BCUT2D eigenvalue weighted by Crippen LogP contribution is 2.23. The van der Waals surface area contributed by atoms with Crippen LogP contribution in [0.1, 0.15) is 32.5 Å². The number of aromatic nitrogens is 1. The fraction of sp³-hybridized carbons (Fsp3) is 0.333. The Morgan fingerprint density at radius 2 is 1.89 bits per heavy atom. The van der Waals surface area contributed by atoms with Crippen molar-refractivity contribution >= 4 is 5.91 Å². The van der Waals surface area contributed by atoms with Crippen LogP contribution < -0.4 is 5.68 Å². The van der Waals surface area contributed by atoms with Crippen molar-refractivity contribution in [3.63, 3.8) is 0 Å². The van der Waals surface area contributed by atoms with Gasteiger partial charge in [0.15, 0.2) is 5.76 Å². The molecule has 1 amide bonds. The molecule has 0 saturated heterocycles. The highest BCUT2D eigenvalue weighted by molar-refractivity contribution is 5.73. The Labute approximate surface area is 112 Å². The monoisotopic (exact) mass is 258 g/mol. The van der Waals surface area contributed by atoms with Crippen molar-refractivity contribution in [2.45, 2.75) is 33.7 Å². The minimum Gasteiger partial charge on any atom is -0.423 e. The van der Waals surface area contributed by atoms with Gasteiger partial charge in [-0.3, -0.25) is 9.36 Å². The molecule has 1 aromatic heterocycles. The number of hydrogen-bond acceptors (Lipinski definition) is 2. The molecule has 0 radical (unpaired) electrons. The van der Waals surface area contributed by atoms with Gasteiger partial charge in [-0.05, 0) is 20.8 Å². The normalized spacial score (nSPS) is 12.2. The Morgan fingerprint density at radius 1 is 1.26 bits per heavy atom. The summed E-state index contributed by atoms with van der Waals surface area (Å²) in [7, 11) is 0. The molecule has 0 saturated carbocycles. The van der Waals surface area contributed by atoms with E-state index in [4.69, 9.17) is 4.42 Å². The molecule has 0 spiro atoms. The second kappa shape index (κ2) is 5.26. The maximum atomic E-state index is 11.2. The van der Waals surface area contributed by atoms with E-state index < -0.39 is 0 Å². The topological polar surface area (TPSA) is 47.5 Å². The molecule has 0 fully saturated rings. The summed E-state index contributed by atoms with van der Waals surface area (Å²) in [6.07, 6.45) is 0. The van der Waals surface area contributed by atoms with E-state index in [9.17, 15) is 4.79 Å². The zero-order chi connectivity index (χ0) is 14.0. The first-order valence-corrected chi connectivity index (χ1v) is 6.33. The molecule has 1 heterocycles. The van der Waals surface area contributed by atoms with E-state index in [1.165, 1.54) is 6.92 Å². The van der Waals surface area contributed by atoms with Crippen LogP contribution in [0.3, 0.4) is 0 Å². The van der Waals surface area contributed by atoms with Crippen LogP contribution in [0.15, 0.2) is 39.7 Å². The van der Waals surface area contributed by atoms with E-state index >= 15 is 0 Å². The van der Waals surface area contributed by atoms with Gasteiger partial charge >= 0.3 is 5.68 Å². The molecule has 0 atom stereocenters. The number of carbonyl (C=O) groups is 1. The minimum absolute atomic E-state index is 0.180. The molecule has 4 nitrogen and oxygen atoms in total. The van der Waals surface area contributed by atoms with Crippen LogP contribution in [0.4, 0.5) is 0 Å². The zero-order valence-electron chi connectivity index (χ0n) is 11.7. The third-order valence-electron chi connectivity index (χ3n) is 2.89. The fourth-order valence-corrected chi connectivity index (χ4v) is 2.14. The van der Waals surface area contributed by atoms with Crippen LogP contribution in [-0.2, 0) is 4.79 Å². The van der Waals surface area contributed by atoms with Gasteiger partial charge in [0.05, 0.1) is 5.69 Å². The van der Waals surface area contributed by atoms with Gasteiger partial charge in [0, 0.05) is 18.5 Å². The Kier molecular flexibility index (Phi) is 3.69. The third-order valence-corrected chi connectivity index (χ3v) is 2.89. The summed E-state index contributed by atoms with van der Waals surface area (Å²) in [4.78, 5) is 15.2. The van der Waals surface area contributed by atoms with Crippen molar-refractivity contribution in [3.05, 3.63) is 41.7 Å². The first kappa shape index (κ1) is 13.3. The molecule has 4 heteroatoms. The van der Waals surface area contributed by atoms with Crippen molar-refractivity contribution in [2.24, 2.45) is 4.99 Å². The fourth-order valence-electron chi connectivity index (χ4n) is 2.14. The Hall–Kier alpha value is -2.10. The van der Waals surface area contributed by atoms with E-state index in [0.29, 0.717) is 5.68 Å². The molecule has 0 unspecified atom stereocenters. The summed E-state index contributed by atoms with van der Waals surface area (Å²) in [5.74, 6) is 0.497. The highest BCUT2D eigenvalue weighted by Gasteiger charge is 2.15. The lowest BCUT2D eigenvalue weighted by Crippen LogP contribution is -2.20. The largest absolute Gasteiger partial charge is 0.423 e. The minimum atomic E-state index is -0.261. The summed E-state index contributed by atoms with van der Waals surface area (Å²) in [6, 6.07) is 10.0. The molecule has 0 aliphatic rings. The lowest BCUT2D eigenvalue weighted by atomic mass is 10.1. The molecular formula is C15H18N2O2. The van der Waals surface area contributed by atoms with Crippen LogP contribution in [0.5, 0.6) is 0 Å². The van der Waals surface area contributed by atoms with Crippen LogP contribution in [-0.4, -0.2) is 10.5 Å². The number of carbonyl (C=O) groups excluding carboxylic acids is 1. The molecule has 0 bridgehead atoms. The van der Waals surface area contributed by atoms with Gasteiger partial charge in [-0.1, -0.05) is 30.3 Å². The number of hydrogen-bond donors (Lipinski definition) is 0. The lowest BCUT2D eigenvalue weighted by molar-refractivity contribution is -0.116. The van der Waals surface area contributed by atoms with E-state index in [1.807, 2.05) is 55.7 Å². The van der Waals surface area contributed by atoms with Crippen LogP contribution in [0, 0.1) is 6.92 Å². The van der Waals surface area contributed by atoms with Gasteiger partial charge in [0.1, 0.15) is 0 Å². The molecule has 0 N–H and O–H groups in total. The van der Waals surface area contributed by atoms with E-state index in [1.54, 1.807) is 0 Å². The summed E-state index contributed by atoms with van der Waals surface area (Å²) in [5, 5.41) is 0. The second-order valence-electron chi connectivity index (χ2n) is 4.76. The number of amides is 1. The second-order valence-corrected chi connectivity index (χ2v) is 4.76. The summed E-state index contributed by atoms with van der Waals surface area (Å²) < 4.78 is 7.71. The number of rotatable bonds is 2. The number of nitrogens with zero attached hydrogens (tertiary/aromatic N) is 2. The van der Waals surface area contributed by atoms with Gasteiger partial charge in [-0.2, -0.15) is 4.99 Å². The number of oxazole rings is 1. The average molecular weight is 258 g/mol. The molecule has 100 valence electrons. The quantitative estimate of drug-likeness (QED) is 0.831. The smallest absolute Gasteiger partial charge is 0.305 e.